The van der Waals surface area contributed by atoms with E-state index < -0.39 is 0 Å². The molecule has 3 heteroatoms. The van der Waals surface area contributed by atoms with Crippen molar-refractivity contribution in [2.45, 2.75) is 18.9 Å². The number of nitrogens with one attached hydrogen (secondary N) is 1. The van der Waals surface area contributed by atoms with E-state index in [0.717, 1.165) is 13.1 Å². The number of amidine groups is 1. The van der Waals surface area contributed by atoms with Crippen LogP contribution in [0.25, 0.3) is 0 Å². The van der Waals surface area contributed by atoms with Gasteiger partial charge in [-0.3, -0.25) is 5.43 Å². The summed E-state index contributed by atoms with van der Waals surface area (Å²) in [4.78, 5) is 2.36. The van der Waals surface area contributed by atoms with Crippen molar-refractivity contribution in [1.29, 1.82) is 0 Å². The Morgan fingerprint density at radius 2 is 2.14 bits per heavy atom. The van der Waals surface area contributed by atoms with E-state index >= 15 is 0 Å². The first-order valence-electron chi connectivity index (χ1n) is 5.06. The van der Waals surface area contributed by atoms with E-state index in [1.807, 2.05) is 0 Å². The average Bonchev–Trinajstić information content (AvgIpc) is 2.79. The fourth-order valence-corrected chi connectivity index (χ4v) is 2.29. The average molecular weight is 187 g/mol. The third-order valence-electron chi connectivity index (χ3n) is 2.98. The fraction of sp³-hybridized carbons (Fsp3) is 0.364. The lowest BCUT2D eigenvalue weighted by Gasteiger charge is -2.21. The molecular weight excluding hydrogens is 174 g/mol. The summed E-state index contributed by atoms with van der Waals surface area (Å²) in [5.41, 5.74) is 4.44. The van der Waals surface area contributed by atoms with Gasteiger partial charge in [0.05, 0.1) is 6.04 Å². The number of nitrogens with zero attached hydrogens (tertiary/aromatic N) is 2. The molecule has 0 spiro atoms. The monoisotopic (exact) mass is 187 g/mol. The molecule has 2 aliphatic rings. The van der Waals surface area contributed by atoms with Crippen LogP contribution in [0.1, 0.15) is 24.4 Å². The Labute approximate surface area is 83.4 Å². The Morgan fingerprint density at radius 3 is 3.00 bits per heavy atom. The molecule has 3 rings (SSSR count). The van der Waals surface area contributed by atoms with Crippen LogP contribution in [0.5, 0.6) is 0 Å². The minimum absolute atomic E-state index is 0.532. The Bertz CT molecular complexity index is 358. The van der Waals surface area contributed by atoms with Gasteiger partial charge < -0.3 is 4.90 Å². The normalized spacial score (nSPS) is 24.4. The number of hydrazone groups is 1. The van der Waals surface area contributed by atoms with Gasteiger partial charge in [-0.05, 0) is 12.0 Å². The topological polar surface area (TPSA) is 27.6 Å². The Hall–Kier alpha value is -1.51. The Morgan fingerprint density at radius 1 is 1.29 bits per heavy atom. The quantitative estimate of drug-likeness (QED) is 0.724. The highest BCUT2D eigenvalue weighted by atomic mass is 15.5. The van der Waals surface area contributed by atoms with Crippen LogP contribution in [0.15, 0.2) is 35.4 Å². The van der Waals surface area contributed by atoms with Crippen LogP contribution in [-0.2, 0) is 0 Å². The van der Waals surface area contributed by atoms with Crippen LogP contribution in [0.2, 0.25) is 0 Å². The van der Waals surface area contributed by atoms with Crippen LogP contribution < -0.4 is 5.43 Å². The van der Waals surface area contributed by atoms with Gasteiger partial charge in [0.15, 0.2) is 0 Å². The third-order valence-corrected chi connectivity index (χ3v) is 2.98. The van der Waals surface area contributed by atoms with Gasteiger partial charge in [0.25, 0.3) is 0 Å². The molecule has 0 radical (unpaired) electrons. The molecular formula is C11H13N3. The molecule has 0 aliphatic carbocycles. The molecule has 0 unspecified atom stereocenters. The molecule has 1 aromatic rings. The summed E-state index contributed by atoms with van der Waals surface area (Å²) >= 11 is 0. The van der Waals surface area contributed by atoms with Crippen molar-refractivity contribution in [2.24, 2.45) is 5.10 Å². The summed E-state index contributed by atoms with van der Waals surface area (Å²) in [6.45, 7) is 0.870. The highest BCUT2D eigenvalue weighted by molar-refractivity contribution is 5.85. The van der Waals surface area contributed by atoms with Gasteiger partial charge in [-0.25, -0.2) is 0 Å². The zero-order chi connectivity index (χ0) is 9.38. The molecule has 1 fully saturated rings. The first-order valence-corrected chi connectivity index (χ1v) is 5.06. The minimum Gasteiger partial charge on any atom is -0.333 e. The summed E-state index contributed by atoms with van der Waals surface area (Å²) in [5.74, 6) is 1.22. The van der Waals surface area contributed by atoms with Gasteiger partial charge in [-0.2, -0.15) is 5.10 Å². The highest BCUT2D eigenvalue weighted by Gasteiger charge is 2.32. The lowest BCUT2D eigenvalue weighted by atomic mass is 10.1. The lowest BCUT2D eigenvalue weighted by Crippen LogP contribution is -2.27. The fourth-order valence-electron chi connectivity index (χ4n) is 2.29. The van der Waals surface area contributed by atoms with E-state index in [0.29, 0.717) is 6.04 Å². The van der Waals surface area contributed by atoms with Crippen LogP contribution in [0, 0.1) is 0 Å². The van der Waals surface area contributed by atoms with E-state index in [2.05, 4.69) is 45.8 Å². The van der Waals surface area contributed by atoms with Crippen LogP contribution >= 0.6 is 0 Å². The molecule has 0 amide bonds. The van der Waals surface area contributed by atoms with Crippen molar-refractivity contribution in [1.82, 2.24) is 10.3 Å². The Kier molecular flexibility index (Phi) is 1.69. The maximum atomic E-state index is 4.27. The van der Waals surface area contributed by atoms with Gasteiger partial charge in [0, 0.05) is 6.42 Å². The second-order valence-corrected chi connectivity index (χ2v) is 3.78. The molecule has 0 aromatic heterocycles. The van der Waals surface area contributed by atoms with Gasteiger partial charge in [0.2, 0.25) is 0 Å². The van der Waals surface area contributed by atoms with E-state index in [-0.39, 0.29) is 0 Å². The van der Waals surface area contributed by atoms with E-state index in [9.17, 15) is 0 Å². The van der Waals surface area contributed by atoms with Crippen molar-refractivity contribution in [3.63, 3.8) is 0 Å². The van der Waals surface area contributed by atoms with Gasteiger partial charge in [-0.1, -0.05) is 30.3 Å². The van der Waals surface area contributed by atoms with Crippen molar-refractivity contribution in [2.75, 3.05) is 6.67 Å². The van der Waals surface area contributed by atoms with Crippen LogP contribution in [0.4, 0.5) is 0 Å². The predicted octanol–water partition coefficient (Wildman–Crippen LogP) is 1.70. The Balaban J connectivity index is 1.91. The number of fused-ring (bicyclic) bond motifs is 1. The first-order chi connectivity index (χ1) is 6.95. The summed E-state index contributed by atoms with van der Waals surface area (Å²) in [6, 6.07) is 11.2. The molecule has 1 saturated heterocycles. The maximum absolute atomic E-state index is 4.27. The van der Waals surface area contributed by atoms with Gasteiger partial charge >= 0.3 is 0 Å². The SMILES string of the molecule is c1ccc([C@@H]2CCC3=NNCN32)cc1. The predicted molar refractivity (Wildman–Crippen MR) is 55.7 cm³/mol. The van der Waals surface area contributed by atoms with Gasteiger partial charge in [0.1, 0.15) is 12.5 Å². The molecule has 2 aliphatic heterocycles. The zero-order valence-electron chi connectivity index (χ0n) is 7.98. The smallest absolute Gasteiger partial charge is 0.126 e. The molecule has 72 valence electrons. The van der Waals surface area contributed by atoms with Crippen molar-refractivity contribution >= 4 is 5.84 Å². The summed E-state index contributed by atoms with van der Waals surface area (Å²) in [6.07, 6.45) is 2.30. The van der Waals surface area contributed by atoms with Crippen LogP contribution in [0.3, 0.4) is 0 Å². The van der Waals surface area contributed by atoms with Crippen molar-refractivity contribution in [3.05, 3.63) is 35.9 Å². The second-order valence-electron chi connectivity index (χ2n) is 3.78. The highest BCUT2D eigenvalue weighted by Crippen LogP contribution is 2.33. The first kappa shape index (κ1) is 7.85. The lowest BCUT2D eigenvalue weighted by molar-refractivity contribution is 0.345. The van der Waals surface area contributed by atoms with E-state index in [1.165, 1.54) is 17.8 Å². The van der Waals surface area contributed by atoms with Gasteiger partial charge in [-0.15, -0.1) is 0 Å². The molecule has 1 N–H and O–H groups in total. The van der Waals surface area contributed by atoms with E-state index in [1.54, 1.807) is 0 Å². The molecule has 14 heavy (non-hydrogen) atoms. The molecule has 0 saturated carbocycles. The maximum Gasteiger partial charge on any atom is 0.126 e. The number of hydrogen-bond donors (Lipinski definition) is 1. The number of rotatable bonds is 1. The number of hydrogen-bond acceptors (Lipinski definition) is 3. The standard InChI is InChI=1S/C11H13N3/c1-2-4-9(5-3-1)10-6-7-11-13-12-8-14(10)11/h1-5,10,12H,6-8H2/t10-/m0/s1. The third kappa shape index (κ3) is 1.09. The molecule has 1 atom stereocenters. The molecule has 3 nitrogen and oxygen atoms in total. The molecule has 2 heterocycles. The van der Waals surface area contributed by atoms with E-state index in [4.69, 9.17) is 0 Å². The summed E-state index contributed by atoms with van der Waals surface area (Å²) in [7, 11) is 0. The second kappa shape index (κ2) is 3.01. The molecule has 0 bridgehead atoms. The largest absolute Gasteiger partial charge is 0.333 e. The minimum atomic E-state index is 0.532. The summed E-state index contributed by atoms with van der Waals surface area (Å²) < 4.78 is 0. The molecule has 1 aromatic carbocycles. The van der Waals surface area contributed by atoms with Crippen molar-refractivity contribution < 1.29 is 0 Å². The summed E-state index contributed by atoms with van der Waals surface area (Å²) in [5, 5.41) is 4.27. The number of benzene rings is 1. The van der Waals surface area contributed by atoms with Crippen LogP contribution in [-0.4, -0.2) is 17.4 Å². The zero-order valence-corrected chi connectivity index (χ0v) is 7.98. The van der Waals surface area contributed by atoms with Crippen molar-refractivity contribution in [3.8, 4) is 0 Å².